The maximum absolute atomic E-state index is 11.0. The van der Waals surface area contributed by atoms with Gasteiger partial charge in [0, 0.05) is 11.6 Å². The molecule has 0 spiro atoms. The Kier molecular flexibility index (Phi) is 3.85. The molecule has 100 valence electrons. The fourth-order valence-electron chi connectivity index (χ4n) is 1.85. The summed E-state index contributed by atoms with van der Waals surface area (Å²) in [6.07, 6.45) is 0. The number of halogens is 1. The van der Waals surface area contributed by atoms with Gasteiger partial charge in [-0.25, -0.2) is 4.79 Å². The van der Waals surface area contributed by atoms with E-state index in [0.29, 0.717) is 11.5 Å². The highest BCUT2D eigenvalue weighted by Crippen LogP contribution is 2.21. The first-order chi connectivity index (χ1) is 9.04. The lowest BCUT2D eigenvalue weighted by atomic mass is 10.1. The second-order valence-corrected chi connectivity index (χ2v) is 4.72. The van der Waals surface area contributed by atoms with Crippen LogP contribution in [0.1, 0.15) is 41.8 Å². The molecule has 0 aliphatic heterocycles. The van der Waals surface area contributed by atoms with Crippen molar-refractivity contribution in [3.05, 3.63) is 41.5 Å². The molecule has 0 amide bonds. The first-order valence-corrected chi connectivity index (χ1v) is 6.42. The zero-order chi connectivity index (χ0) is 14.0. The molecule has 0 fully saturated rings. The van der Waals surface area contributed by atoms with Crippen LogP contribution in [0.3, 0.4) is 0 Å². The lowest BCUT2D eigenvalue weighted by Crippen LogP contribution is -2.07. The largest absolute Gasteiger partial charge is 0.478 e. The number of aromatic nitrogens is 3. The molecule has 2 aromatic rings. The summed E-state index contributed by atoms with van der Waals surface area (Å²) in [7, 11) is 0. The van der Waals surface area contributed by atoms with E-state index < -0.39 is 5.97 Å². The number of hydrogen-bond acceptors (Lipinski definition) is 3. The van der Waals surface area contributed by atoms with E-state index in [9.17, 15) is 4.79 Å². The van der Waals surface area contributed by atoms with Gasteiger partial charge in [-0.05, 0) is 18.2 Å². The second-order valence-electron chi connectivity index (χ2n) is 4.45. The predicted molar refractivity (Wildman–Crippen MR) is 72.0 cm³/mol. The van der Waals surface area contributed by atoms with E-state index in [4.69, 9.17) is 16.7 Å². The molecular formula is C13H14ClN3O2. The van der Waals surface area contributed by atoms with Gasteiger partial charge in [-0.1, -0.05) is 19.9 Å². The van der Waals surface area contributed by atoms with E-state index in [0.717, 1.165) is 5.82 Å². The molecule has 0 radical (unpaired) electrons. The third-order valence-corrected chi connectivity index (χ3v) is 2.98. The summed E-state index contributed by atoms with van der Waals surface area (Å²) < 4.78 is 1.81. The van der Waals surface area contributed by atoms with Crippen LogP contribution in [0.25, 0.3) is 5.69 Å². The quantitative estimate of drug-likeness (QED) is 0.874. The highest BCUT2D eigenvalue weighted by atomic mass is 35.5. The van der Waals surface area contributed by atoms with Crippen molar-refractivity contribution in [1.82, 2.24) is 14.8 Å². The van der Waals surface area contributed by atoms with Crippen molar-refractivity contribution >= 4 is 17.6 Å². The minimum atomic E-state index is -0.964. The summed E-state index contributed by atoms with van der Waals surface area (Å²) in [6, 6.07) is 6.65. The number of carboxylic acids is 1. The van der Waals surface area contributed by atoms with Crippen LogP contribution in [-0.4, -0.2) is 25.8 Å². The smallest absolute Gasteiger partial charge is 0.335 e. The van der Waals surface area contributed by atoms with E-state index in [1.54, 1.807) is 18.2 Å². The maximum Gasteiger partial charge on any atom is 0.335 e. The Hall–Kier alpha value is -1.88. The van der Waals surface area contributed by atoms with Crippen LogP contribution in [0.4, 0.5) is 0 Å². The van der Waals surface area contributed by atoms with Crippen molar-refractivity contribution in [2.24, 2.45) is 0 Å². The molecule has 1 aromatic heterocycles. The third kappa shape index (κ3) is 2.61. The predicted octanol–water partition coefficient (Wildman–Crippen LogP) is 2.83. The van der Waals surface area contributed by atoms with Gasteiger partial charge in [-0.15, -0.1) is 21.8 Å². The average molecular weight is 280 g/mol. The number of carbonyl (C=O) groups is 1. The van der Waals surface area contributed by atoms with E-state index in [2.05, 4.69) is 10.2 Å². The number of nitrogens with zero attached hydrogens (tertiary/aromatic N) is 3. The summed E-state index contributed by atoms with van der Waals surface area (Å²) in [6.45, 7) is 4.00. The fourth-order valence-corrected chi connectivity index (χ4v) is 2.02. The van der Waals surface area contributed by atoms with E-state index in [1.807, 2.05) is 24.5 Å². The third-order valence-electron chi connectivity index (χ3n) is 2.74. The Morgan fingerprint density at radius 3 is 2.74 bits per heavy atom. The zero-order valence-corrected chi connectivity index (χ0v) is 11.4. The molecule has 5 nitrogen and oxygen atoms in total. The van der Waals surface area contributed by atoms with Crippen LogP contribution in [0.5, 0.6) is 0 Å². The standard InChI is InChI=1S/C13H14ClN3O2/c1-8(2)12-16-15-11(7-14)17(12)10-5-3-4-9(6-10)13(18)19/h3-6,8H,7H2,1-2H3,(H,18,19). The molecule has 0 aliphatic rings. The van der Waals surface area contributed by atoms with Crippen molar-refractivity contribution in [3.8, 4) is 5.69 Å². The lowest BCUT2D eigenvalue weighted by molar-refractivity contribution is 0.0697. The number of benzene rings is 1. The van der Waals surface area contributed by atoms with E-state index in [-0.39, 0.29) is 17.4 Å². The molecule has 1 N–H and O–H groups in total. The van der Waals surface area contributed by atoms with Crippen LogP contribution < -0.4 is 0 Å². The van der Waals surface area contributed by atoms with Gasteiger partial charge in [0.15, 0.2) is 5.82 Å². The Labute approximate surface area is 115 Å². The van der Waals surface area contributed by atoms with Gasteiger partial charge in [0.2, 0.25) is 0 Å². The molecule has 2 rings (SSSR count). The Bertz CT molecular complexity index is 608. The van der Waals surface area contributed by atoms with Gasteiger partial charge in [0.25, 0.3) is 0 Å². The monoisotopic (exact) mass is 279 g/mol. The minimum Gasteiger partial charge on any atom is -0.478 e. The Morgan fingerprint density at radius 2 is 2.16 bits per heavy atom. The Balaban J connectivity index is 2.60. The normalized spacial score (nSPS) is 10.9. The van der Waals surface area contributed by atoms with Crippen molar-refractivity contribution < 1.29 is 9.90 Å². The van der Waals surface area contributed by atoms with E-state index >= 15 is 0 Å². The molecular weight excluding hydrogens is 266 g/mol. The molecule has 0 saturated carbocycles. The van der Waals surface area contributed by atoms with Crippen molar-refractivity contribution in [1.29, 1.82) is 0 Å². The molecule has 0 saturated heterocycles. The molecule has 0 atom stereocenters. The highest BCUT2D eigenvalue weighted by molar-refractivity contribution is 6.16. The fraction of sp³-hybridized carbons (Fsp3) is 0.308. The van der Waals surface area contributed by atoms with Crippen molar-refractivity contribution in [2.45, 2.75) is 25.6 Å². The first-order valence-electron chi connectivity index (χ1n) is 5.88. The average Bonchev–Trinajstić information content (AvgIpc) is 2.82. The highest BCUT2D eigenvalue weighted by Gasteiger charge is 2.16. The van der Waals surface area contributed by atoms with E-state index in [1.165, 1.54) is 0 Å². The molecule has 0 aliphatic carbocycles. The molecule has 0 unspecified atom stereocenters. The van der Waals surface area contributed by atoms with Crippen LogP contribution in [0.15, 0.2) is 24.3 Å². The summed E-state index contributed by atoms with van der Waals surface area (Å²) >= 11 is 5.86. The lowest BCUT2D eigenvalue weighted by Gasteiger charge is -2.11. The van der Waals surface area contributed by atoms with Gasteiger partial charge in [-0.3, -0.25) is 4.57 Å². The van der Waals surface area contributed by atoms with Gasteiger partial charge in [0.05, 0.1) is 11.4 Å². The van der Waals surface area contributed by atoms with Crippen LogP contribution >= 0.6 is 11.6 Å². The second kappa shape index (κ2) is 5.40. The van der Waals surface area contributed by atoms with Gasteiger partial charge >= 0.3 is 5.97 Å². The molecule has 19 heavy (non-hydrogen) atoms. The van der Waals surface area contributed by atoms with Crippen molar-refractivity contribution in [3.63, 3.8) is 0 Å². The molecule has 1 aromatic carbocycles. The van der Waals surface area contributed by atoms with Gasteiger partial charge in [0.1, 0.15) is 5.82 Å². The number of carboxylic acid groups (broad SMARTS) is 1. The summed E-state index contributed by atoms with van der Waals surface area (Å²) in [4.78, 5) is 11.0. The Morgan fingerprint density at radius 1 is 1.42 bits per heavy atom. The number of aromatic carboxylic acids is 1. The summed E-state index contributed by atoms with van der Waals surface area (Å²) in [5.74, 6) is 0.786. The topological polar surface area (TPSA) is 68.0 Å². The molecule has 0 bridgehead atoms. The number of alkyl halides is 1. The molecule has 1 heterocycles. The maximum atomic E-state index is 11.0. The van der Waals surface area contributed by atoms with Gasteiger partial charge < -0.3 is 5.11 Å². The number of rotatable bonds is 4. The summed E-state index contributed by atoms with van der Waals surface area (Å²) in [5, 5.41) is 17.2. The minimum absolute atomic E-state index is 0.165. The first kappa shape index (κ1) is 13.5. The van der Waals surface area contributed by atoms with Crippen molar-refractivity contribution in [2.75, 3.05) is 0 Å². The van der Waals surface area contributed by atoms with Gasteiger partial charge in [-0.2, -0.15) is 0 Å². The van der Waals surface area contributed by atoms with Crippen LogP contribution in [0, 0.1) is 0 Å². The number of hydrogen-bond donors (Lipinski definition) is 1. The van der Waals surface area contributed by atoms with Crippen LogP contribution in [0.2, 0.25) is 0 Å². The molecule has 6 heteroatoms. The zero-order valence-electron chi connectivity index (χ0n) is 10.7. The van der Waals surface area contributed by atoms with Crippen LogP contribution in [-0.2, 0) is 5.88 Å². The summed E-state index contributed by atoms with van der Waals surface area (Å²) in [5.41, 5.74) is 0.936. The SMILES string of the molecule is CC(C)c1nnc(CCl)n1-c1cccc(C(=O)O)c1.